The van der Waals surface area contributed by atoms with Crippen LogP contribution in [0.2, 0.25) is 0 Å². The summed E-state index contributed by atoms with van der Waals surface area (Å²) < 4.78 is 10.1. The quantitative estimate of drug-likeness (QED) is 0.573. The number of esters is 1. The van der Waals surface area contributed by atoms with Crippen molar-refractivity contribution in [2.45, 2.75) is 39.2 Å². The van der Waals surface area contributed by atoms with E-state index in [0.717, 1.165) is 0 Å². The van der Waals surface area contributed by atoms with Gasteiger partial charge >= 0.3 is 12.1 Å². The third-order valence-corrected chi connectivity index (χ3v) is 3.17. The number of aliphatic imine (C=N–C) groups is 1. The van der Waals surface area contributed by atoms with Crippen molar-refractivity contribution in [1.82, 2.24) is 4.90 Å². The van der Waals surface area contributed by atoms with Crippen molar-refractivity contribution in [3.8, 4) is 0 Å². The van der Waals surface area contributed by atoms with Crippen molar-refractivity contribution in [3.05, 3.63) is 0 Å². The second kappa shape index (κ2) is 6.72. The molecule has 1 saturated heterocycles. The Labute approximate surface area is 120 Å². The number of likely N-dealkylation sites (tertiary alicyclic amines) is 1. The number of carbonyl (C=O) groups is 2. The topological polar surface area (TPSA) is 68.2 Å². The third kappa shape index (κ3) is 4.51. The fourth-order valence-corrected chi connectivity index (χ4v) is 2.21. The molecular formula is C14H24N2O4. The van der Waals surface area contributed by atoms with Crippen LogP contribution in [0.15, 0.2) is 4.99 Å². The highest BCUT2D eigenvalue weighted by molar-refractivity contribution is 6.37. The Morgan fingerprint density at radius 2 is 1.75 bits per heavy atom. The highest BCUT2D eigenvalue weighted by Crippen LogP contribution is 2.21. The molecule has 0 saturated carbocycles. The number of ether oxygens (including phenoxy) is 2. The van der Waals surface area contributed by atoms with Gasteiger partial charge in [0.1, 0.15) is 11.3 Å². The molecule has 0 bridgehead atoms. The van der Waals surface area contributed by atoms with E-state index in [9.17, 15) is 9.59 Å². The van der Waals surface area contributed by atoms with E-state index in [0.29, 0.717) is 31.6 Å². The average Bonchev–Trinajstić information content (AvgIpc) is 2.38. The normalized spacial score (nSPS) is 17.9. The van der Waals surface area contributed by atoms with Crippen LogP contribution < -0.4 is 0 Å². The third-order valence-electron chi connectivity index (χ3n) is 3.17. The van der Waals surface area contributed by atoms with Gasteiger partial charge in [-0.25, -0.2) is 9.59 Å². The molecule has 0 aromatic heterocycles. The minimum absolute atomic E-state index is 0.0473. The second-order valence-electron chi connectivity index (χ2n) is 5.84. The number of amides is 1. The molecule has 0 aromatic rings. The summed E-state index contributed by atoms with van der Waals surface area (Å²) in [5.41, 5.74) is -0.0352. The maximum atomic E-state index is 11.9. The zero-order valence-corrected chi connectivity index (χ0v) is 12.9. The van der Waals surface area contributed by atoms with Crippen LogP contribution in [-0.2, 0) is 14.3 Å². The molecule has 0 N–H and O–H groups in total. The maximum Gasteiger partial charge on any atom is 0.410 e. The van der Waals surface area contributed by atoms with Crippen LogP contribution in [0.25, 0.3) is 0 Å². The molecule has 0 atom stereocenters. The SMILES string of the molecule is CN=C(C(=O)OC)C1CCN(C(=O)OC(C)(C)C)CC1. The molecule has 1 heterocycles. The summed E-state index contributed by atoms with van der Waals surface area (Å²) in [5, 5.41) is 0. The summed E-state index contributed by atoms with van der Waals surface area (Å²) in [6.45, 7) is 6.66. The molecule has 0 radical (unpaired) electrons. The first-order valence-electron chi connectivity index (χ1n) is 6.81. The molecule has 0 spiro atoms. The number of hydrogen-bond acceptors (Lipinski definition) is 5. The molecule has 114 valence electrons. The Morgan fingerprint density at radius 1 is 1.20 bits per heavy atom. The molecule has 6 heteroatoms. The first-order chi connectivity index (χ1) is 9.28. The number of hydrogen-bond donors (Lipinski definition) is 0. The summed E-state index contributed by atoms with van der Waals surface area (Å²) in [6, 6.07) is 0. The van der Waals surface area contributed by atoms with Gasteiger partial charge in [0.25, 0.3) is 0 Å². The van der Waals surface area contributed by atoms with Gasteiger partial charge in [-0.05, 0) is 33.6 Å². The molecule has 1 amide bonds. The summed E-state index contributed by atoms with van der Waals surface area (Å²) in [4.78, 5) is 29.2. The minimum atomic E-state index is -0.490. The van der Waals surface area contributed by atoms with E-state index >= 15 is 0 Å². The zero-order valence-electron chi connectivity index (χ0n) is 12.9. The van der Waals surface area contributed by atoms with Gasteiger partial charge in [0, 0.05) is 26.1 Å². The van der Waals surface area contributed by atoms with Gasteiger partial charge in [0.05, 0.1) is 7.11 Å². The predicted octanol–water partition coefficient (Wildman–Crippen LogP) is 1.88. The van der Waals surface area contributed by atoms with Crippen molar-refractivity contribution in [2.75, 3.05) is 27.2 Å². The van der Waals surface area contributed by atoms with Gasteiger partial charge in [-0.1, -0.05) is 0 Å². The van der Waals surface area contributed by atoms with Crippen molar-refractivity contribution in [2.24, 2.45) is 10.9 Å². The predicted molar refractivity (Wildman–Crippen MR) is 75.9 cm³/mol. The van der Waals surface area contributed by atoms with E-state index in [1.807, 2.05) is 20.8 Å². The van der Waals surface area contributed by atoms with Gasteiger partial charge in [0.2, 0.25) is 0 Å². The van der Waals surface area contributed by atoms with E-state index in [2.05, 4.69) is 4.99 Å². The average molecular weight is 284 g/mol. The molecule has 1 aliphatic heterocycles. The van der Waals surface area contributed by atoms with E-state index in [4.69, 9.17) is 9.47 Å². The van der Waals surface area contributed by atoms with Gasteiger partial charge in [-0.15, -0.1) is 0 Å². The second-order valence-corrected chi connectivity index (χ2v) is 5.84. The molecular weight excluding hydrogens is 260 g/mol. The van der Waals surface area contributed by atoms with E-state index in [1.165, 1.54) is 7.11 Å². The molecule has 1 aliphatic rings. The lowest BCUT2D eigenvalue weighted by atomic mass is 9.92. The standard InChI is InChI=1S/C14H24N2O4/c1-14(2,3)20-13(18)16-8-6-10(7-9-16)11(15-4)12(17)19-5/h10H,6-9H2,1-5H3. The van der Waals surface area contributed by atoms with Crippen LogP contribution in [0.4, 0.5) is 4.79 Å². The number of carbonyl (C=O) groups excluding carboxylic acids is 2. The molecule has 1 fully saturated rings. The van der Waals surface area contributed by atoms with E-state index in [-0.39, 0.29) is 18.0 Å². The number of piperidine rings is 1. The summed E-state index contributed by atoms with van der Waals surface area (Å²) in [5.74, 6) is -0.339. The summed E-state index contributed by atoms with van der Waals surface area (Å²) in [6.07, 6.45) is 1.09. The highest BCUT2D eigenvalue weighted by atomic mass is 16.6. The smallest absolute Gasteiger partial charge is 0.410 e. The van der Waals surface area contributed by atoms with E-state index < -0.39 is 5.60 Å². The number of methoxy groups -OCH3 is 1. The Kier molecular flexibility index (Phi) is 5.53. The molecule has 0 aromatic carbocycles. The van der Waals surface area contributed by atoms with Gasteiger partial charge < -0.3 is 14.4 Å². The zero-order chi connectivity index (χ0) is 15.3. The number of nitrogens with zero attached hydrogens (tertiary/aromatic N) is 2. The highest BCUT2D eigenvalue weighted by Gasteiger charge is 2.31. The maximum absolute atomic E-state index is 11.9. The minimum Gasteiger partial charge on any atom is -0.465 e. The largest absolute Gasteiger partial charge is 0.465 e. The van der Waals surface area contributed by atoms with Crippen molar-refractivity contribution in [3.63, 3.8) is 0 Å². The van der Waals surface area contributed by atoms with Crippen LogP contribution in [-0.4, -0.2) is 55.5 Å². The molecule has 20 heavy (non-hydrogen) atoms. The van der Waals surface area contributed by atoms with Crippen LogP contribution in [0.5, 0.6) is 0 Å². The van der Waals surface area contributed by atoms with Crippen LogP contribution >= 0.6 is 0 Å². The lowest BCUT2D eigenvalue weighted by molar-refractivity contribution is -0.133. The molecule has 6 nitrogen and oxygen atoms in total. The fraction of sp³-hybridized carbons (Fsp3) is 0.786. The molecule has 0 unspecified atom stereocenters. The van der Waals surface area contributed by atoms with Crippen LogP contribution in [0.1, 0.15) is 33.6 Å². The summed E-state index contributed by atoms with van der Waals surface area (Å²) >= 11 is 0. The Morgan fingerprint density at radius 3 is 2.15 bits per heavy atom. The Balaban J connectivity index is 2.55. The summed E-state index contributed by atoms with van der Waals surface area (Å²) in [7, 11) is 2.94. The first-order valence-corrected chi connectivity index (χ1v) is 6.81. The Hall–Kier alpha value is -1.59. The number of rotatable bonds is 2. The van der Waals surface area contributed by atoms with Crippen LogP contribution in [0.3, 0.4) is 0 Å². The lowest BCUT2D eigenvalue weighted by Gasteiger charge is -2.33. The molecule has 1 rings (SSSR count). The van der Waals surface area contributed by atoms with E-state index in [1.54, 1.807) is 11.9 Å². The van der Waals surface area contributed by atoms with Crippen LogP contribution in [0, 0.1) is 5.92 Å². The van der Waals surface area contributed by atoms with Gasteiger partial charge in [-0.3, -0.25) is 4.99 Å². The lowest BCUT2D eigenvalue weighted by Crippen LogP contribution is -2.44. The molecule has 0 aliphatic carbocycles. The monoisotopic (exact) mass is 284 g/mol. The Bertz CT molecular complexity index is 390. The van der Waals surface area contributed by atoms with Gasteiger partial charge in [-0.2, -0.15) is 0 Å². The van der Waals surface area contributed by atoms with Crippen molar-refractivity contribution < 1.29 is 19.1 Å². The van der Waals surface area contributed by atoms with Crippen molar-refractivity contribution >= 4 is 17.8 Å². The fourth-order valence-electron chi connectivity index (χ4n) is 2.21. The van der Waals surface area contributed by atoms with Gasteiger partial charge in [0.15, 0.2) is 0 Å². The first kappa shape index (κ1) is 16.5. The van der Waals surface area contributed by atoms with Crippen molar-refractivity contribution in [1.29, 1.82) is 0 Å².